The molecule has 3 rings (SSSR count). The van der Waals surface area contributed by atoms with E-state index in [-0.39, 0.29) is 0 Å². The van der Waals surface area contributed by atoms with Crippen LogP contribution >= 0.6 is 15.9 Å². The third-order valence-electron chi connectivity index (χ3n) is 3.17. The third kappa shape index (κ3) is 2.87. The van der Waals surface area contributed by atoms with Crippen molar-refractivity contribution in [3.8, 4) is 5.75 Å². The van der Waals surface area contributed by atoms with E-state index in [2.05, 4.69) is 30.8 Å². The summed E-state index contributed by atoms with van der Waals surface area (Å²) < 4.78 is 6.75. The van der Waals surface area contributed by atoms with Crippen molar-refractivity contribution in [3.05, 3.63) is 47.5 Å². The first-order chi connectivity index (χ1) is 9.33. The zero-order valence-corrected chi connectivity index (χ0v) is 12.0. The lowest BCUT2D eigenvalue weighted by molar-refractivity contribution is 0.220. The molecule has 0 N–H and O–H groups in total. The Bertz CT molecular complexity index is 543. The van der Waals surface area contributed by atoms with E-state index in [9.17, 15) is 0 Å². The standard InChI is InChI=1S/C14H14BrN3O/c15-13-7-17-5-3-14(13)18-8-11(9-18)10-19-12-2-1-4-16-6-12/h1-7,11H,8-10H2. The number of anilines is 1. The molecular weight excluding hydrogens is 306 g/mol. The SMILES string of the molecule is Brc1cnccc1N1CC(COc2cccnc2)C1. The molecule has 1 aliphatic rings. The number of aromatic nitrogens is 2. The van der Waals surface area contributed by atoms with Gasteiger partial charge in [-0.25, -0.2) is 0 Å². The van der Waals surface area contributed by atoms with Gasteiger partial charge in [0, 0.05) is 37.6 Å². The molecule has 0 atom stereocenters. The molecule has 0 aliphatic carbocycles. The minimum Gasteiger partial charge on any atom is -0.492 e. The first-order valence-electron chi connectivity index (χ1n) is 6.20. The average Bonchev–Trinajstić information content (AvgIpc) is 2.40. The van der Waals surface area contributed by atoms with Crippen molar-refractivity contribution >= 4 is 21.6 Å². The number of nitrogens with zero attached hydrogens (tertiary/aromatic N) is 3. The summed E-state index contributed by atoms with van der Waals surface area (Å²) in [4.78, 5) is 10.4. The summed E-state index contributed by atoms with van der Waals surface area (Å²) in [6, 6.07) is 5.85. The van der Waals surface area contributed by atoms with Gasteiger partial charge in [0.15, 0.2) is 0 Å². The summed E-state index contributed by atoms with van der Waals surface area (Å²) in [5.74, 6) is 1.41. The minimum atomic E-state index is 0.570. The van der Waals surface area contributed by atoms with Crippen LogP contribution in [0.2, 0.25) is 0 Å². The number of hydrogen-bond donors (Lipinski definition) is 0. The van der Waals surface area contributed by atoms with Crippen LogP contribution in [0.5, 0.6) is 5.75 Å². The average molecular weight is 320 g/mol. The maximum absolute atomic E-state index is 5.71. The van der Waals surface area contributed by atoms with Crippen LogP contribution in [0.4, 0.5) is 5.69 Å². The van der Waals surface area contributed by atoms with Gasteiger partial charge in [0.05, 0.1) is 23.0 Å². The van der Waals surface area contributed by atoms with Gasteiger partial charge in [-0.2, -0.15) is 0 Å². The number of halogens is 1. The Morgan fingerprint density at radius 2 is 2.05 bits per heavy atom. The van der Waals surface area contributed by atoms with E-state index >= 15 is 0 Å². The van der Waals surface area contributed by atoms with Crippen LogP contribution in [0.1, 0.15) is 0 Å². The van der Waals surface area contributed by atoms with E-state index in [1.165, 1.54) is 5.69 Å². The zero-order chi connectivity index (χ0) is 13.1. The van der Waals surface area contributed by atoms with E-state index in [4.69, 9.17) is 4.74 Å². The van der Waals surface area contributed by atoms with Gasteiger partial charge >= 0.3 is 0 Å². The number of ether oxygens (including phenoxy) is 1. The molecule has 19 heavy (non-hydrogen) atoms. The summed E-state index contributed by atoms with van der Waals surface area (Å²) in [6.45, 7) is 2.77. The van der Waals surface area contributed by atoms with Crippen LogP contribution in [0.15, 0.2) is 47.5 Å². The molecular formula is C14H14BrN3O. The van der Waals surface area contributed by atoms with Crippen LogP contribution < -0.4 is 9.64 Å². The molecule has 0 radical (unpaired) electrons. The van der Waals surface area contributed by atoms with E-state index in [0.717, 1.165) is 29.9 Å². The Morgan fingerprint density at radius 1 is 1.21 bits per heavy atom. The molecule has 1 saturated heterocycles. The van der Waals surface area contributed by atoms with Gasteiger partial charge in [-0.15, -0.1) is 0 Å². The van der Waals surface area contributed by atoms with Gasteiger partial charge in [0.25, 0.3) is 0 Å². The van der Waals surface area contributed by atoms with Gasteiger partial charge in [0.2, 0.25) is 0 Å². The first-order valence-corrected chi connectivity index (χ1v) is 6.99. The highest BCUT2D eigenvalue weighted by Crippen LogP contribution is 2.30. The smallest absolute Gasteiger partial charge is 0.137 e. The van der Waals surface area contributed by atoms with Crippen molar-refractivity contribution in [2.45, 2.75) is 0 Å². The van der Waals surface area contributed by atoms with E-state index < -0.39 is 0 Å². The second-order valence-electron chi connectivity index (χ2n) is 4.60. The molecule has 3 heterocycles. The minimum absolute atomic E-state index is 0.570. The van der Waals surface area contributed by atoms with Gasteiger partial charge in [-0.05, 0) is 34.1 Å². The molecule has 1 fully saturated rings. The topological polar surface area (TPSA) is 38.2 Å². The van der Waals surface area contributed by atoms with Crippen molar-refractivity contribution in [1.29, 1.82) is 0 Å². The quantitative estimate of drug-likeness (QED) is 0.868. The van der Waals surface area contributed by atoms with Crippen molar-refractivity contribution in [2.75, 3.05) is 24.6 Å². The molecule has 0 bridgehead atoms. The van der Waals surface area contributed by atoms with Gasteiger partial charge < -0.3 is 9.64 Å². The molecule has 0 spiro atoms. The summed E-state index contributed by atoms with van der Waals surface area (Å²) in [6.07, 6.45) is 7.14. The maximum Gasteiger partial charge on any atom is 0.137 e. The number of hydrogen-bond acceptors (Lipinski definition) is 4. The van der Waals surface area contributed by atoms with E-state index in [1.807, 2.05) is 30.6 Å². The van der Waals surface area contributed by atoms with Crippen molar-refractivity contribution in [3.63, 3.8) is 0 Å². The Morgan fingerprint density at radius 3 is 2.79 bits per heavy atom. The predicted molar refractivity (Wildman–Crippen MR) is 77.4 cm³/mol. The Kier molecular flexibility index (Phi) is 3.64. The fourth-order valence-corrected chi connectivity index (χ4v) is 2.64. The largest absolute Gasteiger partial charge is 0.492 e. The number of pyridine rings is 2. The normalized spacial score (nSPS) is 15.1. The third-order valence-corrected chi connectivity index (χ3v) is 3.78. The highest BCUT2D eigenvalue weighted by Gasteiger charge is 2.28. The summed E-state index contributed by atoms with van der Waals surface area (Å²) in [5.41, 5.74) is 1.20. The first kappa shape index (κ1) is 12.4. The van der Waals surface area contributed by atoms with Crippen molar-refractivity contribution in [1.82, 2.24) is 9.97 Å². The van der Waals surface area contributed by atoms with E-state index in [0.29, 0.717) is 5.92 Å². The maximum atomic E-state index is 5.71. The monoisotopic (exact) mass is 319 g/mol. The second-order valence-corrected chi connectivity index (χ2v) is 5.45. The molecule has 0 amide bonds. The Balaban J connectivity index is 1.50. The van der Waals surface area contributed by atoms with Crippen molar-refractivity contribution < 1.29 is 4.74 Å². The van der Waals surface area contributed by atoms with Crippen LogP contribution in [-0.2, 0) is 0 Å². The lowest BCUT2D eigenvalue weighted by Gasteiger charge is -2.41. The zero-order valence-electron chi connectivity index (χ0n) is 10.4. The lowest BCUT2D eigenvalue weighted by Crippen LogP contribution is -2.49. The summed E-state index contributed by atoms with van der Waals surface area (Å²) >= 11 is 3.52. The Labute approximate surface area is 120 Å². The van der Waals surface area contributed by atoms with Crippen LogP contribution in [-0.4, -0.2) is 29.7 Å². The van der Waals surface area contributed by atoms with Crippen LogP contribution in [0.3, 0.4) is 0 Å². The summed E-state index contributed by atoms with van der Waals surface area (Å²) in [5, 5.41) is 0. The molecule has 0 unspecified atom stereocenters. The van der Waals surface area contributed by atoms with Gasteiger partial charge in [-0.1, -0.05) is 0 Å². The molecule has 0 saturated carbocycles. The second kappa shape index (κ2) is 5.57. The molecule has 2 aromatic rings. The Hall–Kier alpha value is -1.62. The van der Waals surface area contributed by atoms with Crippen molar-refractivity contribution in [2.24, 2.45) is 5.92 Å². The van der Waals surface area contributed by atoms with Crippen LogP contribution in [0.25, 0.3) is 0 Å². The highest BCUT2D eigenvalue weighted by atomic mass is 79.9. The van der Waals surface area contributed by atoms with Crippen LogP contribution in [0, 0.1) is 5.92 Å². The molecule has 5 heteroatoms. The van der Waals surface area contributed by atoms with Gasteiger partial charge in [-0.3, -0.25) is 9.97 Å². The molecule has 1 aliphatic heterocycles. The summed E-state index contributed by atoms with van der Waals surface area (Å²) in [7, 11) is 0. The predicted octanol–water partition coefficient (Wildman–Crippen LogP) is 2.75. The molecule has 2 aromatic heterocycles. The molecule has 0 aromatic carbocycles. The number of rotatable bonds is 4. The van der Waals surface area contributed by atoms with Gasteiger partial charge in [0.1, 0.15) is 5.75 Å². The fraction of sp³-hybridized carbons (Fsp3) is 0.286. The molecule has 98 valence electrons. The van der Waals surface area contributed by atoms with E-state index in [1.54, 1.807) is 12.4 Å². The highest BCUT2D eigenvalue weighted by molar-refractivity contribution is 9.10. The molecule has 4 nitrogen and oxygen atoms in total. The lowest BCUT2D eigenvalue weighted by atomic mass is 10.0. The fourth-order valence-electron chi connectivity index (χ4n) is 2.14.